The highest BCUT2D eigenvalue weighted by Crippen LogP contribution is 2.38. The molecule has 0 saturated heterocycles. The van der Waals surface area contributed by atoms with Crippen LogP contribution in [0.1, 0.15) is 37.4 Å². The van der Waals surface area contributed by atoms with Crippen LogP contribution in [0.2, 0.25) is 0 Å². The van der Waals surface area contributed by atoms with E-state index in [9.17, 15) is 31.5 Å². The number of nitrogens with one attached hydrogen (secondary N) is 2. The zero-order chi connectivity index (χ0) is 25.2. The fraction of sp³-hybridized carbons (Fsp3) is 0.130. The minimum Gasteiger partial charge on any atom is -0.456 e. The summed E-state index contributed by atoms with van der Waals surface area (Å²) in [5, 5.41) is 10.8. The van der Waals surface area contributed by atoms with E-state index in [1.165, 1.54) is 11.5 Å². The molecule has 0 aromatic heterocycles. The van der Waals surface area contributed by atoms with Crippen molar-refractivity contribution in [2.75, 3.05) is 5.32 Å². The summed E-state index contributed by atoms with van der Waals surface area (Å²) in [7, 11) is 0. The van der Waals surface area contributed by atoms with E-state index >= 15 is 0 Å². The van der Waals surface area contributed by atoms with Crippen LogP contribution in [0.15, 0.2) is 48.5 Å². The molecule has 0 heterocycles. The third-order valence-electron chi connectivity index (χ3n) is 4.76. The van der Waals surface area contributed by atoms with Gasteiger partial charge in [0, 0.05) is 5.69 Å². The van der Waals surface area contributed by atoms with Crippen LogP contribution in [0.3, 0.4) is 0 Å². The average Bonchev–Trinajstić information content (AvgIpc) is 2.75. The topological polar surface area (TPSA) is 87.7 Å². The largest absolute Gasteiger partial charge is 0.456 e. The second-order valence-corrected chi connectivity index (χ2v) is 7.26. The van der Waals surface area contributed by atoms with Gasteiger partial charge in [0.05, 0.1) is 11.1 Å². The fourth-order valence-corrected chi connectivity index (χ4v) is 3.14. The van der Waals surface area contributed by atoms with Crippen molar-refractivity contribution >= 4 is 17.5 Å². The van der Waals surface area contributed by atoms with Crippen molar-refractivity contribution < 1.29 is 41.5 Å². The SMILES string of the molecule is Cc1ccc(Oc2ccc(C(F)(F)F)c(F)c2C(=O)Nc2ccc(F)c(C(=O)NO)c2)c(C)c1. The Kier molecular flexibility index (Phi) is 6.87. The van der Waals surface area contributed by atoms with Crippen LogP contribution in [0.5, 0.6) is 11.5 Å². The average molecular weight is 480 g/mol. The molecule has 0 radical (unpaired) electrons. The van der Waals surface area contributed by atoms with Crippen molar-refractivity contribution in [1.29, 1.82) is 0 Å². The maximum Gasteiger partial charge on any atom is 0.419 e. The lowest BCUT2D eigenvalue weighted by Crippen LogP contribution is -2.21. The Balaban J connectivity index is 2.07. The van der Waals surface area contributed by atoms with Crippen molar-refractivity contribution in [2.24, 2.45) is 0 Å². The minimum absolute atomic E-state index is 0.183. The Morgan fingerprint density at radius 1 is 0.912 bits per heavy atom. The summed E-state index contributed by atoms with van der Waals surface area (Å²) >= 11 is 0. The molecule has 0 bridgehead atoms. The van der Waals surface area contributed by atoms with Crippen molar-refractivity contribution in [2.45, 2.75) is 20.0 Å². The molecule has 3 aromatic rings. The van der Waals surface area contributed by atoms with Crippen LogP contribution in [0.4, 0.5) is 27.6 Å². The predicted octanol–water partition coefficient (Wildman–Crippen LogP) is 5.76. The minimum atomic E-state index is -5.10. The van der Waals surface area contributed by atoms with Gasteiger partial charge in [-0.2, -0.15) is 13.2 Å². The van der Waals surface area contributed by atoms with Crippen LogP contribution in [-0.4, -0.2) is 17.0 Å². The number of ether oxygens (including phenoxy) is 1. The summed E-state index contributed by atoms with van der Waals surface area (Å²) in [5.41, 5.74) is -0.979. The molecule has 3 rings (SSSR count). The maximum atomic E-state index is 15.0. The van der Waals surface area contributed by atoms with Gasteiger partial charge in [-0.25, -0.2) is 14.3 Å². The van der Waals surface area contributed by atoms with Gasteiger partial charge in [-0.05, 0) is 55.8 Å². The van der Waals surface area contributed by atoms with E-state index in [1.807, 2.05) is 0 Å². The van der Waals surface area contributed by atoms with Crippen LogP contribution in [-0.2, 0) is 6.18 Å². The Morgan fingerprint density at radius 2 is 1.59 bits per heavy atom. The zero-order valence-corrected chi connectivity index (χ0v) is 17.7. The second kappa shape index (κ2) is 9.48. The molecule has 11 heteroatoms. The number of rotatable bonds is 5. The number of alkyl halides is 3. The number of carbonyl (C=O) groups excluding carboxylic acids is 2. The summed E-state index contributed by atoms with van der Waals surface area (Å²) in [4.78, 5) is 24.4. The first kappa shape index (κ1) is 24.6. The third-order valence-corrected chi connectivity index (χ3v) is 4.76. The van der Waals surface area contributed by atoms with Crippen LogP contribution in [0.25, 0.3) is 0 Å². The van der Waals surface area contributed by atoms with Gasteiger partial charge in [0.25, 0.3) is 11.8 Å². The van der Waals surface area contributed by atoms with E-state index in [0.717, 1.165) is 29.8 Å². The highest BCUT2D eigenvalue weighted by atomic mass is 19.4. The molecular formula is C23H17F5N2O4. The second-order valence-electron chi connectivity index (χ2n) is 7.26. The van der Waals surface area contributed by atoms with E-state index in [-0.39, 0.29) is 11.4 Å². The van der Waals surface area contributed by atoms with Gasteiger partial charge in [0.15, 0.2) is 5.82 Å². The fourth-order valence-electron chi connectivity index (χ4n) is 3.14. The van der Waals surface area contributed by atoms with Gasteiger partial charge in [-0.1, -0.05) is 17.7 Å². The molecule has 34 heavy (non-hydrogen) atoms. The van der Waals surface area contributed by atoms with Crippen molar-refractivity contribution in [3.8, 4) is 11.5 Å². The van der Waals surface area contributed by atoms with Crippen molar-refractivity contribution in [1.82, 2.24) is 5.48 Å². The zero-order valence-electron chi connectivity index (χ0n) is 17.7. The smallest absolute Gasteiger partial charge is 0.419 e. The molecule has 0 aliphatic carbocycles. The number of aryl methyl sites for hydroxylation is 2. The Labute approximate surface area is 189 Å². The molecule has 178 valence electrons. The number of carbonyl (C=O) groups is 2. The number of anilines is 1. The van der Waals surface area contributed by atoms with Crippen molar-refractivity contribution in [3.63, 3.8) is 0 Å². The highest BCUT2D eigenvalue weighted by Gasteiger charge is 2.37. The summed E-state index contributed by atoms with van der Waals surface area (Å²) in [6, 6.07) is 8.75. The van der Waals surface area contributed by atoms with Crippen molar-refractivity contribution in [3.05, 3.63) is 88.0 Å². The lowest BCUT2D eigenvalue weighted by Gasteiger charge is -2.17. The van der Waals surface area contributed by atoms with Gasteiger partial charge >= 0.3 is 6.18 Å². The number of benzene rings is 3. The Hall–Kier alpha value is -3.99. The summed E-state index contributed by atoms with van der Waals surface area (Å²) in [6.07, 6.45) is -5.10. The summed E-state index contributed by atoms with van der Waals surface area (Å²) in [6.45, 7) is 3.47. The number of hydroxylamine groups is 1. The first-order valence-electron chi connectivity index (χ1n) is 9.62. The number of hydrogen-bond acceptors (Lipinski definition) is 4. The van der Waals surface area contributed by atoms with Crippen LogP contribution >= 0.6 is 0 Å². The molecule has 0 fully saturated rings. The quantitative estimate of drug-likeness (QED) is 0.246. The standard InChI is InChI=1S/C23H17F5N2O4/c1-11-3-7-17(12(2)9-11)34-18-8-5-15(23(26,27)28)20(25)19(18)22(32)29-13-4-6-16(24)14(10-13)21(31)30-33/h3-10,33H,1-2H3,(H,29,32)(H,30,31). The molecule has 0 atom stereocenters. The highest BCUT2D eigenvalue weighted by molar-refractivity contribution is 6.07. The first-order chi connectivity index (χ1) is 15.9. The predicted molar refractivity (Wildman–Crippen MR) is 111 cm³/mol. The molecule has 0 saturated carbocycles. The van der Waals surface area contributed by atoms with E-state index in [0.29, 0.717) is 11.6 Å². The first-order valence-corrected chi connectivity index (χ1v) is 9.62. The van der Waals surface area contributed by atoms with E-state index < -0.39 is 52.1 Å². The molecule has 3 N–H and O–H groups in total. The maximum absolute atomic E-state index is 15.0. The monoisotopic (exact) mass is 480 g/mol. The Bertz CT molecular complexity index is 1270. The number of amides is 2. The Morgan fingerprint density at radius 3 is 2.21 bits per heavy atom. The summed E-state index contributed by atoms with van der Waals surface area (Å²) < 4.78 is 74.2. The molecule has 0 spiro atoms. The van der Waals surface area contributed by atoms with Crippen LogP contribution in [0, 0.1) is 25.5 Å². The summed E-state index contributed by atoms with van der Waals surface area (Å²) in [5.74, 6) is -5.81. The molecule has 6 nitrogen and oxygen atoms in total. The van der Waals surface area contributed by atoms with Gasteiger partial charge in [0.1, 0.15) is 22.9 Å². The van der Waals surface area contributed by atoms with E-state index in [2.05, 4.69) is 5.32 Å². The van der Waals surface area contributed by atoms with Gasteiger partial charge < -0.3 is 10.1 Å². The van der Waals surface area contributed by atoms with E-state index in [1.54, 1.807) is 26.0 Å². The molecule has 3 aromatic carbocycles. The van der Waals surface area contributed by atoms with Gasteiger partial charge in [-0.3, -0.25) is 14.8 Å². The van der Waals surface area contributed by atoms with Gasteiger partial charge in [-0.15, -0.1) is 0 Å². The normalized spacial score (nSPS) is 11.2. The molecular weight excluding hydrogens is 463 g/mol. The number of halogens is 5. The lowest BCUT2D eigenvalue weighted by molar-refractivity contribution is -0.140. The molecule has 0 aliphatic rings. The van der Waals surface area contributed by atoms with Crippen LogP contribution < -0.4 is 15.5 Å². The third kappa shape index (κ3) is 5.15. The lowest BCUT2D eigenvalue weighted by atomic mass is 10.1. The molecule has 2 amide bonds. The molecule has 0 unspecified atom stereocenters. The van der Waals surface area contributed by atoms with Gasteiger partial charge in [0.2, 0.25) is 0 Å². The molecule has 0 aliphatic heterocycles. The van der Waals surface area contributed by atoms with E-state index in [4.69, 9.17) is 9.94 Å². The number of hydrogen-bond donors (Lipinski definition) is 3.